The molecule has 1 rings (SSSR count). The molecule has 0 radical (unpaired) electrons. The summed E-state index contributed by atoms with van der Waals surface area (Å²) in [5, 5.41) is 9.01. The minimum Gasteiger partial charge on any atom is -0.258 e. The number of pyridine rings is 1. The van der Waals surface area contributed by atoms with E-state index in [0.29, 0.717) is 0 Å². The molecule has 1 aromatic rings. The maximum atomic E-state index is 9.01. The summed E-state index contributed by atoms with van der Waals surface area (Å²) in [4.78, 5) is 4.54. The fourth-order valence-electron chi connectivity index (χ4n) is 1.65. The highest BCUT2D eigenvalue weighted by Crippen LogP contribution is 2.15. The van der Waals surface area contributed by atoms with Crippen molar-refractivity contribution < 1.29 is 0 Å². The van der Waals surface area contributed by atoms with Gasteiger partial charge in [-0.3, -0.25) is 4.98 Å². The minimum atomic E-state index is 0.802. The zero-order valence-electron chi connectivity index (χ0n) is 9.09. The Balaban J connectivity index is 3.34. The lowest BCUT2D eigenvalue weighted by atomic mass is 10.0. The third-order valence-electron chi connectivity index (χ3n) is 2.43. The zero-order valence-corrected chi connectivity index (χ0v) is 9.09. The normalized spacial score (nSPS) is 9.86. The number of aryl methyl sites for hydroxylation is 2. The monoisotopic (exact) mass is 188 g/mol. The second kappa shape index (κ2) is 4.76. The molecule has 0 aromatic carbocycles. The fraction of sp³-hybridized carbons (Fsp3) is 0.500. The molecule has 14 heavy (non-hydrogen) atoms. The van der Waals surface area contributed by atoms with E-state index in [2.05, 4.69) is 31.8 Å². The van der Waals surface area contributed by atoms with E-state index in [1.165, 1.54) is 0 Å². The lowest BCUT2D eigenvalue weighted by molar-refractivity contribution is 0.908. The van der Waals surface area contributed by atoms with Gasteiger partial charge in [0.1, 0.15) is 0 Å². The molecule has 74 valence electrons. The summed E-state index contributed by atoms with van der Waals surface area (Å²) in [7, 11) is 0. The van der Waals surface area contributed by atoms with Crippen LogP contribution in [0, 0.1) is 11.3 Å². The van der Waals surface area contributed by atoms with Crippen molar-refractivity contribution >= 4 is 0 Å². The zero-order chi connectivity index (χ0) is 10.6. The first-order valence-corrected chi connectivity index (χ1v) is 5.18. The van der Waals surface area contributed by atoms with Crippen molar-refractivity contribution in [2.45, 2.75) is 40.0 Å². The Bertz CT molecular complexity index is 361. The van der Waals surface area contributed by atoms with Crippen molar-refractivity contribution in [3.63, 3.8) is 0 Å². The lowest BCUT2D eigenvalue weighted by Crippen LogP contribution is -2.02. The molecule has 0 saturated carbocycles. The number of nitriles is 1. The molecule has 0 aliphatic heterocycles. The first kappa shape index (κ1) is 10.7. The van der Waals surface area contributed by atoms with E-state index in [4.69, 9.17) is 5.26 Å². The Kier molecular flexibility index (Phi) is 3.64. The van der Waals surface area contributed by atoms with Gasteiger partial charge in [0.25, 0.3) is 0 Å². The fourth-order valence-corrected chi connectivity index (χ4v) is 1.65. The Morgan fingerprint density at radius 1 is 1.21 bits per heavy atom. The Hall–Kier alpha value is -1.36. The average molecular weight is 188 g/mol. The SMILES string of the molecule is CCc1cc(C#N)c(CC)c(CC)n1. The predicted octanol–water partition coefficient (Wildman–Crippen LogP) is 2.64. The maximum absolute atomic E-state index is 9.01. The first-order chi connectivity index (χ1) is 6.76. The number of aromatic nitrogens is 1. The van der Waals surface area contributed by atoms with E-state index in [1.807, 2.05) is 6.07 Å². The topological polar surface area (TPSA) is 36.7 Å². The van der Waals surface area contributed by atoms with E-state index in [1.54, 1.807) is 0 Å². The van der Waals surface area contributed by atoms with Gasteiger partial charge < -0.3 is 0 Å². The highest BCUT2D eigenvalue weighted by molar-refractivity contribution is 5.41. The van der Waals surface area contributed by atoms with Gasteiger partial charge in [-0.25, -0.2) is 0 Å². The van der Waals surface area contributed by atoms with E-state index < -0.39 is 0 Å². The van der Waals surface area contributed by atoms with Crippen LogP contribution in [0.25, 0.3) is 0 Å². The summed E-state index contributed by atoms with van der Waals surface area (Å²) in [5.41, 5.74) is 4.03. The van der Waals surface area contributed by atoms with Crippen LogP contribution in [0.15, 0.2) is 6.07 Å². The third-order valence-corrected chi connectivity index (χ3v) is 2.43. The summed E-state index contributed by atoms with van der Waals surface area (Å²) in [6.07, 6.45) is 2.69. The molecule has 0 N–H and O–H groups in total. The highest BCUT2D eigenvalue weighted by atomic mass is 14.7. The van der Waals surface area contributed by atoms with Crippen LogP contribution >= 0.6 is 0 Å². The molecule has 0 fully saturated rings. The van der Waals surface area contributed by atoms with Crippen LogP contribution in [-0.2, 0) is 19.3 Å². The summed E-state index contributed by atoms with van der Waals surface area (Å²) in [6, 6.07) is 4.17. The average Bonchev–Trinajstić information content (AvgIpc) is 2.26. The van der Waals surface area contributed by atoms with Crippen LogP contribution in [0.4, 0.5) is 0 Å². The summed E-state index contributed by atoms with van der Waals surface area (Å²) in [6.45, 7) is 6.22. The van der Waals surface area contributed by atoms with Crippen molar-refractivity contribution in [2.24, 2.45) is 0 Å². The molecular weight excluding hydrogens is 172 g/mol. The van der Waals surface area contributed by atoms with Gasteiger partial charge in [-0.1, -0.05) is 20.8 Å². The Labute approximate surface area is 85.6 Å². The van der Waals surface area contributed by atoms with Gasteiger partial charge in [0.15, 0.2) is 0 Å². The predicted molar refractivity (Wildman–Crippen MR) is 57.1 cm³/mol. The molecule has 0 bridgehead atoms. The largest absolute Gasteiger partial charge is 0.258 e. The number of rotatable bonds is 3. The van der Waals surface area contributed by atoms with E-state index >= 15 is 0 Å². The van der Waals surface area contributed by atoms with Crippen molar-refractivity contribution in [2.75, 3.05) is 0 Å². The summed E-state index contributed by atoms with van der Waals surface area (Å²) in [5.74, 6) is 0. The van der Waals surface area contributed by atoms with Crippen LogP contribution in [0.5, 0.6) is 0 Å². The van der Waals surface area contributed by atoms with Gasteiger partial charge in [0.2, 0.25) is 0 Å². The molecule has 2 heteroatoms. The molecule has 1 heterocycles. The van der Waals surface area contributed by atoms with Crippen LogP contribution < -0.4 is 0 Å². The van der Waals surface area contributed by atoms with Gasteiger partial charge in [-0.05, 0) is 30.9 Å². The van der Waals surface area contributed by atoms with Gasteiger partial charge in [-0.15, -0.1) is 0 Å². The van der Waals surface area contributed by atoms with E-state index in [-0.39, 0.29) is 0 Å². The molecule has 0 unspecified atom stereocenters. The molecule has 0 aliphatic rings. The van der Waals surface area contributed by atoms with Crippen molar-refractivity contribution in [1.29, 1.82) is 5.26 Å². The van der Waals surface area contributed by atoms with Crippen LogP contribution in [0.3, 0.4) is 0 Å². The van der Waals surface area contributed by atoms with Crippen LogP contribution in [-0.4, -0.2) is 4.98 Å². The van der Waals surface area contributed by atoms with Crippen molar-refractivity contribution in [3.8, 4) is 6.07 Å². The van der Waals surface area contributed by atoms with E-state index in [0.717, 1.165) is 41.8 Å². The second-order valence-corrected chi connectivity index (χ2v) is 3.26. The molecule has 1 aromatic heterocycles. The van der Waals surface area contributed by atoms with Gasteiger partial charge in [0, 0.05) is 11.4 Å². The summed E-state index contributed by atoms with van der Waals surface area (Å²) < 4.78 is 0. The quantitative estimate of drug-likeness (QED) is 0.731. The summed E-state index contributed by atoms with van der Waals surface area (Å²) >= 11 is 0. The Morgan fingerprint density at radius 3 is 2.36 bits per heavy atom. The van der Waals surface area contributed by atoms with Crippen molar-refractivity contribution in [1.82, 2.24) is 4.98 Å². The standard InChI is InChI=1S/C12H16N2/c1-4-10-7-9(8-13)11(5-2)12(6-3)14-10/h7H,4-6H2,1-3H3. The number of hydrogen-bond donors (Lipinski definition) is 0. The number of hydrogen-bond acceptors (Lipinski definition) is 2. The smallest absolute Gasteiger partial charge is 0.0995 e. The lowest BCUT2D eigenvalue weighted by Gasteiger charge is -2.09. The molecular formula is C12H16N2. The third kappa shape index (κ3) is 1.93. The number of nitrogens with zero attached hydrogens (tertiary/aromatic N) is 2. The Morgan fingerprint density at radius 2 is 1.93 bits per heavy atom. The molecule has 0 spiro atoms. The van der Waals surface area contributed by atoms with Gasteiger partial charge in [-0.2, -0.15) is 5.26 Å². The molecule has 0 aliphatic carbocycles. The molecule has 0 atom stereocenters. The van der Waals surface area contributed by atoms with Crippen molar-refractivity contribution in [3.05, 3.63) is 28.6 Å². The maximum Gasteiger partial charge on any atom is 0.0995 e. The minimum absolute atomic E-state index is 0.802. The molecule has 2 nitrogen and oxygen atoms in total. The van der Waals surface area contributed by atoms with Gasteiger partial charge >= 0.3 is 0 Å². The first-order valence-electron chi connectivity index (χ1n) is 5.18. The highest BCUT2D eigenvalue weighted by Gasteiger charge is 2.08. The van der Waals surface area contributed by atoms with Crippen LogP contribution in [0.1, 0.15) is 43.3 Å². The van der Waals surface area contributed by atoms with Gasteiger partial charge in [0.05, 0.1) is 11.6 Å². The molecule has 0 saturated heterocycles. The van der Waals surface area contributed by atoms with E-state index in [9.17, 15) is 0 Å². The molecule has 0 amide bonds. The second-order valence-electron chi connectivity index (χ2n) is 3.26. The van der Waals surface area contributed by atoms with Crippen LogP contribution in [0.2, 0.25) is 0 Å².